The Morgan fingerprint density at radius 2 is 1.65 bits per heavy atom. The Balaban J connectivity index is 1.34. The Kier molecular flexibility index (Phi) is 11.5. The molecular formula is C38H43FN4O5. The summed E-state index contributed by atoms with van der Waals surface area (Å²) < 4.78 is 13.8. The fraction of sp³-hybridized carbons (Fsp3) is 0.342. The predicted octanol–water partition coefficient (Wildman–Crippen LogP) is 4.64. The lowest BCUT2D eigenvalue weighted by Crippen LogP contribution is -2.57. The Bertz CT molecular complexity index is 1700. The van der Waals surface area contributed by atoms with Gasteiger partial charge in [-0.3, -0.25) is 19.2 Å². The number of carbonyl (C=O) groups is 3. The molecule has 5 rings (SSSR count). The summed E-state index contributed by atoms with van der Waals surface area (Å²) in [6, 6.07) is 27.9. The minimum absolute atomic E-state index is 0.121. The predicted molar refractivity (Wildman–Crippen MR) is 182 cm³/mol. The van der Waals surface area contributed by atoms with Crippen LogP contribution < -0.4 is 21.4 Å². The monoisotopic (exact) mass is 654 g/mol. The number of halogens is 1. The first-order valence-electron chi connectivity index (χ1n) is 16.4. The fourth-order valence-electron chi connectivity index (χ4n) is 5.88. The van der Waals surface area contributed by atoms with E-state index in [4.69, 9.17) is 4.84 Å². The molecule has 1 fully saturated rings. The summed E-state index contributed by atoms with van der Waals surface area (Å²) in [6.45, 7) is 4.46. The minimum atomic E-state index is -1.35. The molecule has 3 unspecified atom stereocenters. The van der Waals surface area contributed by atoms with E-state index in [-0.39, 0.29) is 37.6 Å². The molecule has 9 nitrogen and oxygen atoms in total. The summed E-state index contributed by atoms with van der Waals surface area (Å²) in [5, 5.41) is 21.4. The molecule has 252 valence electrons. The Morgan fingerprint density at radius 1 is 0.938 bits per heavy atom. The van der Waals surface area contributed by atoms with Gasteiger partial charge in [0.2, 0.25) is 17.7 Å². The molecule has 0 bridgehead atoms. The van der Waals surface area contributed by atoms with Crippen LogP contribution >= 0.6 is 0 Å². The number of aryl methyl sites for hydroxylation is 1. The first kappa shape index (κ1) is 34.7. The first-order chi connectivity index (χ1) is 23.1. The average Bonchev–Trinajstić information content (AvgIpc) is 3.81. The van der Waals surface area contributed by atoms with E-state index >= 15 is 0 Å². The molecule has 0 radical (unpaired) electrons. The molecule has 1 saturated carbocycles. The standard InChI is InChI=1S/C38H43FN4O5/c1-25(2)24-48-43-35(45)21-33(41-34(44)20-15-26-9-4-3-5-10-26)36(46)42-38(22-32(38)28-16-18-30(39)19-17-28)37(47)40-23-29-13-8-12-27-11-6-7-14-31(27)29/h3-14,16-19,25,32-33,35,43,45H,15,20-24H2,1-2H3,(H,40,47)(H,41,44)(H,42,46)/t32?,33-,35?,38?/m0/s1. The molecule has 5 N–H and O–H groups in total. The second-order valence-corrected chi connectivity index (χ2v) is 12.8. The highest BCUT2D eigenvalue weighted by Gasteiger charge is 2.62. The van der Waals surface area contributed by atoms with Crippen LogP contribution in [0.15, 0.2) is 97.1 Å². The molecule has 0 aromatic heterocycles. The Morgan fingerprint density at radius 3 is 2.40 bits per heavy atom. The Hall–Kier alpha value is -4.64. The quantitative estimate of drug-likeness (QED) is 0.0885. The van der Waals surface area contributed by atoms with Crippen molar-refractivity contribution in [2.24, 2.45) is 5.92 Å². The molecule has 4 atom stereocenters. The van der Waals surface area contributed by atoms with E-state index in [9.17, 15) is 23.9 Å². The van der Waals surface area contributed by atoms with Crippen LogP contribution in [0.1, 0.15) is 55.7 Å². The number of aliphatic hydroxyl groups is 1. The van der Waals surface area contributed by atoms with Gasteiger partial charge in [0.15, 0.2) is 0 Å². The lowest BCUT2D eigenvalue weighted by Gasteiger charge is -2.26. The zero-order valence-electron chi connectivity index (χ0n) is 27.2. The van der Waals surface area contributed by atoms with Gasteiger partial charge in [-0.25, -0.2) is 4.39 Å². The third-order valence-corrected chi connectivity index (χ3v) is 8.53. The van der Waals surface area contributed by atoms with Crippen LogP contribution in [-0.2, 0) is 32.2 Å². The van der Waals surface area contributed by atoms with Crippen molar-refractivity contribution >= 4 is 28.5 Å². The van der Waals surface area contributed by atoms with Gasteiger partial charge in [0, 0.05) is 25.3 Å². The second kappa shape index (κ2) is 16.0. The molecule has 4 aromatic rings. The maximum Gasteiger partial charge on any atom is 0.246 e. The highest BCUT2D eigenvalue weighted by Crippen LogP contribution is 2.52. The summed E-state index contributed by atoms with van der Waals surface area (Å²) in [5.41, 5.74) is 3.77. The van der Waals surface area contributed by atoms with E-state index in [1.54, 1.807) is 12.1 Å². The zero-order chi connectivity index (χ0) is 34.1. The van der Waals surface area contributed by atoms with Gasteiger partial charge in [0.1, 0.15) is 23.6 Å². The van der Waals surface area contributed by atoms with Gasteiger partial charge in [0.25, 0.3) is 0 Å². The molecule has 1 aliphatic carbocycles. The molecule has 0 saturated heterocycles. The van der Waals surface area contributed by atoms with E-state index < -0.39 is 41.4 Å². The molecule has 48 heavy (non-hydrogen) atoms. The zero-order valence-corrected chi connectivity index (χ0v) is 27.2. The SMILES string of the molecule is CC(C)CONC(O)C[C@H](NC(=O)CCc1ccccc1)C(=O)NC1(C(=O)NCc2cccc3ccccc23)CC1c1ccc(F)cc1. The van der Waals surface area contributed by atoms with Gasteiger partial charge >= 0.3 is 0 Å². The minimum Gasteiger partial charge on any atom is -0.376 e. The van der Waals surface area contributed by atoms with Crippen LogP contribution in [-0.4, -0.2) is 47.2 Å². The Labute approximate surface area is 280 Å². The van der Waals surface area contributed by atoms with Crippen molar-refractivity contribution in [3.05, 3.63) is 120 Å². The largest absolute Gasteiger partial charge is 0.376 e. The second-order valence-electron chi connectivity index (χ2n) is 12.8. The van der Waals surface area contributed by atoms with E-state index in [0.29, 0.717) is 18.6 Å². The molecule has 3 amide bonds. The van der Waals surface area contributed by atoms with E-state index in [2.05, 4.69) is 21.4 Å². The first-order valence-corrected chi connectivity index (χ1v) is 16.4. The molecule has 0 aliphatic heterocycles. The van der Waals surface area contributed by atoms with Crippen LogP contribution in [0, 0.1) is 11.7 Å². The van der Waals surface area contributed by atoms with Gasteiger partial charge < -0.3 is 21.1 Å². The third-order valence-electron chi connectivity index (χ3n) is 8.53. The highest BCUT2D eigenvalue weighted by atomic mass is 19.1. The molecule has 1 aliphatic rings. The van der Waals surface area contributed by atoms with Gasteiger partial charge in [0.05, 0.1) is 6.61 Å². The molecule has 10 heteroatoms. The summed E-state index contributed by atoms with van der Waals surface area (Å²) >= 11 is 0. The van der Waals surface area contributed by atoms with Crippen molar-refractivity contribution < 1.29 is 28.7 Å². The third kappa shape index (κ3) is 9.03. The maximum atomic E-state index is 14.0. The van der Waals surface area contributed by atoms with Gasteiger partial charge in [-0.15, -0.1) is 0 Å². The normalized spacial score (nSPS) is 18.2. The average molecular weight is 655 g/mol. The maximum absolute atomic E-state index is 14.0. The summed E-state index contributed by atoms with van der Waals surface area (Å²) in [5.74, 6) is -2.04. The topological polar surface area (TPSA) is 129 Å². The number of hydroxylamine groups is 1. The van der Waals surface area contributed by atoms with Crippen molar-refractivity contribution in [1.29, 1.82) is 0 Å². The van der Waals surface area contributed by atoms with Crippen molar-refractivity contribution in [3.63, 3.8) is 0 Å². The molecular weight excluding hydrogens is 611 g/mol. The van der Waals surface area contributed by atoms with Crippen LogP contribution in [0.4, 0.5) is 4.39 Å². The van der Waals surface area contributed by atoms with Crippen molar-refractivity contribution in [2.45, 2.75) is 69.8 Å². The number of fused-ring (bicyclic) bond motifs is 1. The molecule has 4 aromatic carbocycles. The number of carbonyl (C=O) groups excluding carboxylic acids is 3. The summed E-state index contributed by atoms with van der Waals surface area (Å²) in [7, 11) is 0. The number of nitrogens with one attached hydrogen (secondary N) is 4. The van der Waals surface area contributed by atoms with Crippen LogP contribution in [0.5, 0.6) is 0 Å². The van der Waals surface area contributed by atoms with E-state index in [1.165, 1.54) is 12.1 Å². The highest BCUT2D eigenvalue weighted by molar-refractivity contribution is 5.98. The molecule has 0 heterocycles. The number of hydrogen-bond donors (Lipinski definition) is 5. The van der Waals surface area contributed by atoms with Gasteiger partial charge in [-0.2, -0.15) is 5.48 Å². The van der Waals surface area contributed by atoms with Gasteiger partial charge in [-0.1, -0.05) is 98.8 Å². The van der Waals surface area contributed by atoms with Crippen LogP contribution in [0.25, 0.3) is 10.8 Å². The van der Waals surface area contributed by atoms with Crippen molar-refractivity contribution in [3.8, 4) is 0 Å². The van der Waals surface area contributed by atoms with Crippen molar-refractivity contribution in [2.75, 3.05) is 6.61 Å². The van der Waals surface area contributed by atoms with Crippen LogP contribution in [0.2, 0.25) is 0 Å². The lowest BCUT2D eigenvalue weighted by molar-refractivity contribution is -0.134. The summed E-state index contributed by atoms with van der Waals surface area (Å²) in [6.07, 6.45) is -0.630. The molecule has 0 spiro atoms. The smallest absolute Gasteiger partial charge is 0.246 e. The number of amides is 3. The number of hydrogen-bond acceptors (Lipinski definition) is 6. The number of rotatable bonds is 16. The fourth-order valence-corrected chi connectivity index (χ4v) is 5.88. The van der Waals surface area contributed by atoms with Gasteiger partial charge in [-0.05, 0) is 58.4 Å². The summed E-state index contributed by atoms with van der Waals surface area (Å²) in [4.78, 5) is 46.4. The van der Waals surface area contributed by atoms with Crippen molar-refractivity contribution in [1.82, 2.24) is 21.4 Å². The number of aliphatic hydroxyl groups excluding tert-OH is 1. The lowest BCUT2D eigenvalue weighted by atomic mass is 10.0. The van der Waals surface area contributed by atoms with E-state index in [1.807, 2.05) is 86.6 Å². The van der Waals surface area contributed by atoms with Crippen LogP contribution in [0.3, 0.4) is 0 Å². The number of benzene rings is 4. The van der Waals surface area contributed by atoms with E-state index in [0.717, 1.165) is 21.9 Å².